The predicted octanol–water partition coefficient (Wildman–Crippen LogP) is 3.15. The lowest BCUT2D eigenvalue weighted by atomic mass is 10.3. The van der Waals surface area contributed by atoms with Crippen LogP contribution in [0.4, 0.5) is 17.5 Å². The highest BCUT2D eigenvalue weighted by atomic mass is 16.5. The average Bonchev–Trinajstić information content (AvgIpc) is 2.77. The number of rotatable bonds is 8. The van der Waals surface area contributed by atoms with Gasteiger partial charge in [0.2, 0.25) is 5.95 Å². The number of anilines is 3. The van der Waals surface area contributed by atoms with Crippen LogP contribution < -0.4 is 15.4 Å². The van der Waals surface area contributed by atoms with Crippen molar-refractivity contribution in [2.45, 2.75) is 0 Å². The van der Waals surface area contributed by atoms with Gasteiger partial charge >= 0.3 is 0 Å². The molecule has 2 N–H and O–H groups in total. The molecule has 1 fully saturated rings. The lowest BCUT2D eigenvalue weighted by Gasteiger charge is -2.26. The summed E-state index contributed by atoms with van der Waals surface area (Å²) in [6, 6.07) is 17.4. The molecular formula is C21H24N6O2. The smallest absolute Gasteiger partial charge is 0.244 e. The van der Waals surface area contributed by atoms with Crippen molar-refractivity contribution < 1.29 is 9.47 Å². The second-order valence-corrected chi connectivity index (χ2v) is 6.58. The van der Waals surface area contributed by atoms with Gasteiger partial charge in [-0.05, 0) is 24.3 Å². The van der Waals surface area contributed by atoms with E-state index in [9.17, 15) is 0 Å². The van der Waals surface area contributed by atoms with E-state index >= 15 is 0 Å². The summed E-state index contributed by atoms with van der Waals surface area (Å²) in [6.45, 7) is 5.17. The topological polar surface area (TPSA) is 84.4 Å². The van der Waals surface area contributed by atoms with E-state index in [-0.39, 0.29) is 0 Å². The number of para-hydroxylation sites is 3. The molecule has 1 aliphatic heterocycles. The maximum atomic E-state index is 5.99. The Morgan fingerprint density at radius 2 is 1.79 bits per heavy atom. The Morgan fingerprint density at radius 3 is 2.66 bits per heavy atom. The van der Waals surface area contributed by atoms with Crippen molar-refractivity contribution in [2.75, 3.05) is 50.0 Å². The third-order valence-electron chi connectivity index (χ3n) is 4.49. The highest BCUT2D eigenvalue weighted by Gasteiger charge is 2.10. The first-order chi connectivity index (χ1) is 14.4. The van der Waals surface area contributed by atoms with Gasteiger partial charge < -0.3 is 20.1 Å². The summed E-state index contributed by atoms with van der Waals surface area (Å²) in [7, 11) is 0. The molecule has 2 heterocycles. The Hall–Kier alpha value is -3.23. The van der Waals surface area contributed by atoms with Crippen LogP contribution in [0.2, 0.25) is 0 Å². The van der Waals surface area contributed by atoms with E-state index < -0.39 is 0 Å². The van der Waals surface area contributed by atoms with Crippen LogP contribution >= 0.6 is 0 Å². The lowest BCUT2D eigenvalue weighted by Crippen LogP contribution is -2.39. The van der Waals surface area contributed by atoms with Crippen LogP contribution in [0.15, 0.2) is 60.8 Å². The quantitative estimate of drug-likeness (QED) is 0.605. The van der Waals surface area contributed by atoms with Gasteiger partial charge in [-0.15, -0.1) is 5.10 Å². The fraction of sp³-hybridized carbons (Fsp3) is 0.286. The summed E-state index contributed by atoms with van der Waals surface area (Å²) in [5, 5.41) is 14.6. The standard InChI is InChI=1S/C21H24N6O2/c1-2-6-17(7-3-1)29-19-9-5-4-8-18(19)24-20-16-23-26-21(25-20)22-10-11-27-12-14-28-15-13-27/h1-9,16H,10-15H2,(H2,22,24,25,26). The van der Waals surface area contributed by atoms with Crippen LogP contribution in [-0.4, -0.2) is 59.5 Å². The second-order valence-electron chi connectivity index (χ2n) is 6.58. The number of morpholine rings is 1. The van der Waals surface area contributed by atoms with E-state index in [4.69, 9.17) is 9.47 Å². The molecule has 3 aromatic rings. The molecule has 0 saturated carbocycles. The van der Waals surface area contributed by atoms with Crippen molar-refractivity contribution in [3.8, 4) is 11.5 Å². The van der Waals surface area contributed by atoms with Crippen molar-refractivity contribution in [2.24, 2.45) is 0 Å². The van der Waals surface area contributed by atoms with Gasteiger partial charge in [0.1, 0.15) is 5.75 Å². The van der Waals surface area contributed by atoms with Crippen molar-refractivity contribution >= 4 is 17.5 Å². The van der Waals surface area contributed by atoms with Gasteiger partial charge in [0.15, 0.2) is 11.6 Å². The Kier molecular flexibility index (Phi) is 6.46. The molecule has 0 aliphatic carbocycles. The predicted molar refractivity (Wildman–Crippen MR) is 112 cm³/mol. The summed E-state index contributed by atoms with van der Waals surface area (Å²) in [4.78, 5) is 6.85. The average molecular weight is 392 g/mol. The lowest BCUT2D eigenvalue weighted by molar-refractivity contribution is 0.0398. The number of nitrogens with zero attached hydrogens (tertiary/aromatic N) is 4. The third-order valence-corrected chi connectivity index (χ3v) is 4.49. The molecular weight excluding hydrogens is 368 g/mol. The summed E-state index contributed by atoms with van der Waals surface area (Å²) >= 11 is 0. The number of benzene rings is 2. The fourth-order valence-corrected chi connectivity index (χ4v) is 3.00. The van der Waals surface area contributed by atoms with E-state index in [0.29, 0.717) is 17.5 Å². The van der Waals surface area contributed by atoms with Crippen LogP contribution in [0.5, 0.6) is 11.5 Å². The molecule has 1 aliphatic rings. The van der Waals surface area contributed by atoms with Crippen molar-refractivity contribution in [3.63, 3.8) is 0 Å². The van der Waals surface area contributed by atoms with Gasteiger partial charge in [-0.25, -0.2) is 0 Å². The van der Waals surface area contributed by atoms with Crippen LogP contribution in [-0.2, 0) is 4.74 Å². The molecule has 1 saturated heterocycles. The molecule has 29 heavy (non-hydrogen) atoms. The molecule has 0 bridgehead atoms. The number of nitrogens with one attached hydrogen (secondary N) is 2. The van der Waals surface area contributed by atoms with Gasteiger partial charge in [-0.2, -0.15) is 10.1 Å². The molecule has 0 amide bonds. The Labute approximate surface area is 169 Å². The van der Waals surface area contributed by atoms with Crippen LogP contribution in [0.25, 0.3) is 0 Å². The number of hydrogen-bond acceptors (Lipinski definition) is 8. The summed E-state index contributed by atoms with van der Waals surface area (Å²) in [5.41, 5.74) is 0.802. The molecule has 8 nitrogen and oxygen atoms in total. The minimum absolute atomic E-state index is 0.490. The number of aromatic nitrogens is 3. The first-order valence-electron chi connectivity index (χ1n) is 9.69. The zero-order chi connectivity index (χ0) is 19.7. The van der Waals surface area contributed by atoms with Crippen molar-refractivity contribution in [1.82, 2.24) is 20.1 Å². The molecule has 0 atom stereocenters. The zero-order valence-electron chi connectivity index (χ0n) is 16.1. The Morgan fingerprint density at radius 1 is 1.00 bits per heavy atom. The maximum Gasteiger partial charge on any atom is 0.244 e. The molecule has 2 aromatic carbocycles. The summed E-state index contributed by atoms with van der Waals surface area (Å²) in [6.07, 6.45) is 1.59. The number of ether oxygens (including phenoxy) is 2. The van der Waals surface area contributed by atoms with E-state index in [2.05, 4.69) is 30.7 Å². The number of hydrogen-bond donors (Lipinski definition) is 2. The van der Waals surface area contributed by atoms with E-state index in [1.807, 2.05) is 54.6 Å². The molecule has 8 heteroatoms. The third kappa shape index (κ3) is 5.63. The van der Waals surface area contributed by atoms with Crippen molar-refractivity contribution in [1.29, 1.82) is 0 Å². The monoisotopic (exact) mass is 392 g/mol. The van der Waals surface area contributed by atoms with E-state index in [1.165, 1.54) is 0 Å². The Balaban J connectivity index is 1.38. The van der Waals surface area contributed by atoms with Gasteiger partial charge in [-0.1, -0.05) is 30.3 Å². The van der Waals surface area contributed by atoms with E-state index in [0.717, 1.165) is 50.8 Å². The molecule has 1 aromatic heterocycles. The van der Waals surface area contributed by atoms with Gasteiger partial charge in [0, 0.05) is 26.2 Å². The first kappa shape index (κ1) is 19.1. The SMILES string of the molecule is c1ccc(Oc2ccccc2Nc2cnnc(NCCN3CCOCC3)n2)cc1. The summed E-state index contributed by atoms with van der Waals surface area (Å²) < 4.78 is 11.4. The highest BCUT2D eigenvalue weighted by Crippen LogP contribution is 2.30. The van der Waals surface area contributed by atoms with Crippen LogP contribution in [0.1, 0.15) is 0 Å². The van der Waals surface area contributed by atoms with Crippen LogP contribution in [0, 0.1) is 0 Å². The highest BCUT2D eigenvalue weighted by molar-refractivity contribution is 5.64. The first-order valence-corrected chi connectivity index (χ1v) is 9.69. The maximum absolute atomic E-state index is 5.99. The minimum atomic E-state index is 0.490. The molecule has 4 rings (SSSR count). The normalized spacial score (nSPS) is 14.3. The molecule has 150 valence electrons. The van der Waals surface area contributed by atoms with Crippen LogP contribution in [0.3, 0.4) is 0 Å². The van der Waals surface area contributed by atoms with Gasteiger partial charge in [0.05, 0.1) is 25.1 Å². The van der Waals surface area contributed by atoms with Gasteiger partial charge in [0.25, 0.3) is 0 Å². The Bertz CT molecular complexity index is 902. The largest absolute Gasteiger partial charge is 0.455 e. The molecule has 0 unspecified atom stereocenters. The fourth-order valence-electron chi connectivity index (χ4n) is 3.00. The molecule has 0 spiro atoms. The minimum Gasteiger partial charge on any atom is -0.455 e. The van der Waals surface area contributed by atoms with Gasteiger partial charge in [-0.3, -0.25) is 4.90 Å². The van der Waals surface area contributed by atoms with Crippen molar-refractivity contribution in [3.05, 3.63) is 60.8 Å². The summed E-state index contributed by atoms with van der Waals surface area (Å²) in [5.74, 6) is 2.56. The molecule has 0 radical (unpaired) electrons. The van der Waals surface area contributed by atoms with E-state index in [1.54, 1.807) is 6.20 Å². The second kappa shape index (κ2) is 9.81. The zero-order valence-corrected chi connectivity index (χ0v) is 16.1.